The summed E-state index contributed by atoms with van der Waals surface area (Å²) in [5.41, 5.74) is 2.81. The lowest BCUT2D eigenvalue weighted by atomic mass is 10.1. The van der Waals surface area contributed by atoms with Crippen molar-refractivity contribution >= 4 is 39.3 Å². The number of benzene rings is 2. The Bertz CT molecular complexity index is 1140. The van der Waals surface area contributed by atoms with Crippen LogP contribution in [0.25, 0.3) is 10.2 Å². The molecule has 6 nitrogen and oxygen atoms in total. The number of imide groups is 1. The van der Waals surface area contributed by atoms with Crippen LogP contribution in [0.1, 0.15) is 33.2 Å². The molecule has 0 saturated carbocycles. The Morgan fingerprint density at radius 2 is 1.74 bits per heavy atom. The third-order valence-corrected chi connectivity index (χ3v) is 5.59. The quantitative estimate of drug-likeness (QED) is 0.657. The summed E-state index contributed by atoms with van der Waals surface area (Å²) in [4.78, 5) is 43.0. The summed E-state index contributed by atoms with van der Waals surface area (Å²) in [5.74, 6) is -1.42. The van der Waals surface area contributed by atoms with Crippen LogP contribution in [-0.4, -0.2) is 33.7 Å². The normalized spacial score (nSPS) is 14.3. The lowest BCUT2D eigenvalue weighted by molar-refractivity contribution is -0.118. The maximum absolute atomic E-state index is 12.5. The van der Waals surface area contributed by atoms with Gasteiger partial charge in [0.2, 0.25) is 0 Å². The molecule has 0 spiro atoms. The Morgan fingerprint density at radius 1 is 1.07 bits per heavy atom. The molecule has 2 aromatic carbocycles. The van der Waals surface area contributed by atoms with Crippen molar-refractivity contribution < 1.29 is 14.4 Å². The van der Waals surface area contributed by atoms with E-state index in [1.54, 1.807) is 24.3 Å². The topological polar surface area (TPSA) is 71.7 Å². The number of fused-ring (bicyclic) bond motifs is 2. The van der Waals surface area contributed by atoms with E-state index in [2.05, 4.69) is 11.1 Å². The van der Waals surface area contributed by atoms with Crippen molar-refractivity contribution in [1.29, 1.82) is 0 Å². The van der Waals surface area contributed by atoms with Gasteiger partial charge in [0.15, 0.2) is 4.80 Å². The highest BCUT2D eigenvalue weighted by atomic mass is 32.1. The Hall–Kier alpha value is -3.06. The molecule has 4 rings (SSSR count). The largest absolute Gasteiger partial charge is 0.317 e. The lowest BCUT2D eigenvalue weighted by Gasteiger charge is -2.10. The number of nitrogens with zero attached hydrogens (tertiary/aromatic N) is 3. The van der Waals surface area contributed by atoms with Gasteiger partial charge < -0.3 is 4.57 Å². The second kappa shape index (κ2) is 6.59. The van der Waals surface area contributed by atoms with Crippen LogP contribution in [0.5, 0.6) is 0 Å². The zero-order valence-corrected chi connectivity index (χ0v) is 15.7. The van der Waals surface area contributed by atoms with E-state index in [-0.39, 0.29) is 6.54 Å². The van der Waals surface area contributed by atoms with Crippen LogP contribution < -0.4 is 4.80 Å². The van der Waals surface area contributed by atoms with E-state index in [1.165, 1.54) is 11.3 Å². The molecule has 2 heterocycles. The Balaban J connectivity index is 1.66. The first-order valence-corrected chi connectivity index (χ1v) is 9.44. The van der Waals surface area contributed by atoms with Gasteiger partial charge in [0.1, 0.15) is 6.54 Å². The first-order chi connectivity index (χ1) is 13.0. The Labute approximate surface area is 159 Å². The second-order valence-electron chi connectivity index (χ2n) is 6.35. The Morgan fingerprint density at radius 3 is 2.37 bits per heavy atom. The molecule has 0 aliphatic carbocycles. The van der Waals surface area contributed by atoms with Gasteiger partial charge >= 0.3 is 0 Å². The third-order valence-electron chi connectivity index (χ3n) is 4.55. The molecular formula is C20H17N3O3S. The molecule has 136 valence electrons. The smallest absolute Gasteiger partial charge is 0.268 e. The summed E-state index contributed by atoms with van der Waals surface area (Å²) < 4.78 is 3.00. The zero-order valence-electron chi connectivity index (χ0n) is 14.9. The van der Waals surface area contributed by atoms with Gasteiger partial charge in [-0.05, 0) is 43.7 Å². The van der Waals surface area contributed by atoms with Crippen LogP contribution in [0, 0.1) is 6.92 Å². The first-order valence-electron chi connectivity index (χ1n) is 8.62. The number of aryl methyl sites for hydroxylation is 2. The number of carbonyl (C=O) groups excluding carboxylic acids is 3. The van der Waals surface area contributed by atoms with Crippen molar-refractivity contribution in [3.05, 3.63) is 64.0 Å². The van der Waals surface area contributed by atoms with Crippen LogP contribution >= 0.6 is 11.3 Å². The highest BCUT2D eigenvalue weighted by Gasteiger charge is 2.36. The number of hydrogen-bond donors (Lipinski definition) is 0. The van der Waals surface area contributed by atoms with E-state index in [9.17, 15) is 14.4 Å². The van der Waals surface area contributed by atoms with Crippen molar-refractivity contribution in [2.24, 2.45) is 4.99 Å². The fourth-order valence-electron chi connectivity index (χ4n) is 3.23. The first kappa shape index (κ1) is 17.4. The molecule has 1 aliphatic rings. The van der Waals surface area contributed by atoms with Crippen LogP contribution in [-0.2, 0) is 11.3 Å². The molecule has 27 heavy (non-hydrogen) atoms. The minimum absolute atomic E-state index is 0.330. The summed E-state index contributed by atoms with van der Waals surface area (Å²) in [6.07, 6.45) is 0. The SMILES string of the molecule is CCn1c(=NC(=O)CN2C(=O)c3ccccc3C2=O)sc2cc(C)ccc21. The van der Waals surface area contributed by atoms with Crippen molar-refractivity contribution in [2.75, 3.05) is 6.54 Å². The minimum atomic E-state index is -0.519. The number of carbonyl (C=O) groups is 3. The van der Waals surface area contributed by atoms with Crippen LogP contribution in [0.3, 0.4) is 0 Å². The van der Waals surface area contributed by atoms with Crippen molar-refractivity contribution in [1.82, 2.24) is 9.47 Å². The molecule has 1 aliphatic heterocycles. The molecule has 7 heteroatoms. The monoisotopic (exact) mass is 379 g/mol. The molecule has 0 N–H and O–H groups in total. The molecule has 0 atom stereocenters. The van der Waals surface area contributed by atoms with E-state index < -0.39 is 17.7 Å². The van der Waals surface area contributed by atoms with Gasteiger partial charge in [0, 0.05) is 6.54 Å². The molecule has 3 amide bonds. The lowest BCUT2D eigenvalue weighted by Crippen LogP contribution is -2.35. The molecule has 0 saturated heterocycles. The van der Waals surface area contributed by atoms with E-state index in [1.807, 2.05) is 30.5 Å². The summed E-state index contributed by atoms with van der Waals surface area (Å²) >= 11 is 1.42. The second-order valence-corrected chi connectivity index (χ2v) is 7.36. The van der Waals surface area contributed by atoms with Crippen LogP contribution in [0.2, 0.25) is 0 Å². The molecule has 3 aromatic rings. The molecule has 0 unspecified atom stereocenters. The average Bonchev–Trinajstić information content (AvgIpc) is 3.11. The molecule has 0 bridgehead atoms. The van der Waals surface area contributed by atoms with Gasteiger partial charge in [-0.2, -0.15) is 4.99 Å². The summed E-state index contributed by atoms with van der Waals surface area (Å²) in [6, 6.07) is 12.7. The Kier molecular flexibility index (Phi) is 4.24. The van der Waals surface area contributed by atoms with Gasteiger partial charge in [-0.25, -0.2) is 0 Å². The van der Waals surface area contributed by atoms with Crippen molar-refractivity contribution in [3.63, 3.8) is 0 Å². The molecule has 0 radical (unpaired) electrons. The number of hydrogen-bond acceptors (Lipinski definition) is 4. The molecule has 0 fully saturated rings. The van der Waals surface area contributed by atoms with Crippen molar-refractivity contribution in [2.45, 2.75) is 20.4 Å². The summed E-state index contributed by atoms with van der Waals surface area (Å²) in [5, 5.41) is 0. The summed E-state index contributed by atoms with van der Waals surface area (Å²) in [6.45, 7) is 4.31. The predicted molar refractivity (Wildman–Crippen MR) is 103 cm³/mol. The highest BCUT2D eigenvalue weighted by Crippen LogP contribution is 2.22. The van der Waals surface area contributed by atoms with Gasteiger partial charge in [-0.3, -0.25) is 19.3 Å². The maximum atomic E-state index is 12.5. The fourth-order valence-corrected chi connectivity index (χ4v) is 4.44. The highest BCUT2D eigenvalue weighted by molar-refractivity contribution is 7.16. The molecular weight excluding hydrogens is 362 g/mol. The predicted octanol–water partition coefficient (Wildman–Crippen LogP) is 2.75. The standard InChI is InChI=1S/C20H17N3O3S/c1-3-22-15-9-8-12(2)10-16(15)27-20(22)21-17(24)11-23-18(25)13-6-4-5-7-14(13)19(23)26/h4-10H,3,11H2,1-2H3. The summed E-state index contributed by atoms with van der Waals surface area (Å²) in [7, 11) is 0. The van der Waals surface area contributed by atoms with Gasteiger partial charge in [-0.1, -0.05) is 29.5 Å². The van der Waals surface area contributed by atoms with E-state index in [0.717, 1.165) is 20.7 Å². The van der Waals surface area contributed by atoms with Gasteiger partial charge in [0.25, 0.3) is 17.7 Å². The minimum Gasteiger partial charge on any atom is -0.317 e. The van der Waals surface area contributed by atoms with Gasteiger partial charge in [0.05, 0.1) is 21.3 Å². The van der Waals surface area contributed by atoms with E-state index in [0.29, 0.717) is 22.5 Å². The number of rotatable bonds is 3. The number of aromatic nitrogens is 1. The third kappa shape index (κ3) is 2.90. The average molecular weight is 379 g/mol. The zero-order chi connectivity index (χ0) is 19.1. The maximum Gasteiger partial charge on any atom is 0.268 e. The van der Waals surface area contributed by atoms with Gasteiger partial charge in [-0.15, -0.1) is 0 Å². The van der Waals surface area contributed by atoms with Crippen LogP contribution in [0.4, 0.5) is 0 Å². The fraction of sp³-hybridized carbons (Fsp3) is 0.200. The van der Waals surface area contributed by atoms with E-state index >= 15 is 0 Å². The van der Waals surface area contributed by atoms with Crippen LogP contribution in [0.15, 0.2) is 47.5 Å². The van der Waals surface area contributed by atoms with Crippen molar-refractivity contribution in [3.8, 4) is 0 Å². The number of thiazole rings is 1. The number of amides is 3. The molecule has 1 aromatic heterocycles. The van der Waals surface area contributed by atoms with E-state index in [4.69, 9.17) is 0 Å².